The molecule has 0 amide bonds. The van der Waals surface area contributed by atoms with Crippen molar-refractivity contribution in [3.05, 3.63) is 72.1 Å². The summed E-state index contributed by atoms with van der Waals surface area (Å²) in [7, 11) is 1.71. The summed E-state index contributed by atoms with van der Waals surface area (Å²) in [5.74, 6) is 0.898. The minimum absolute atomic E-state index is 0.898. The SMILES string of the molecule is COc1ccc(-c2cn3cc(-c4ccc(C)cc4)c4c3n2CCCC4)cc1. The van der Waals surface area contributed by atoms with Crippen LogP contribution in [0.25, 0.3) is 28.0 Å². The van der Waals surface area contributed by atoms with Gasteiger partial charge in [-0.3, -0.25) is 0 Å². The van der Waals surface area contributed by atoms with Crippen LogP contribution in [0.2, 0.25) is 0 Å². The number of imidazole rings is 1. The van der Waals surface area contributed by atoms with Crippen LogP contribution in [-0.4, -0.2) is 16.1 Å². The van der Waals surface area contributed by atoms with Crippen LogP contribution in [0.5, 0.6) is 5.75 Å². The van der Waals surface area contributed by atoms with Gasteiger partial charge in [0.25, 0.3) is 0 Å². The van der Waals surface area contributed by atoms with Gasteiger partial charge in [-0.15, -0.1) is 0 Å². The van der Waals surface area contributed by atoms with E-state index in [-0.39, 0.29) is 0 Å². The summed E-state index contributed by atoms with van der Waals surface area (Å²) in [4.78, 5) is 0. The molecule has 1 aliphatic rings. The minimum Gasteiger partial charge on any atom is -0.497 e. The van der Waals surface area contributed by atoms with Crippen molar-refractivity contribution < 1.29 is 4.74 Å². The van der Waals surface area contributed by atoms with E-state index in [1.807, 2.05) is 12.1 Å². The van der Waals surface area contributed by atoms with Crippen molar-refractivity contribution in [1.29, 1.82) is 0 Å². The Morgan fingerprint density at radius 1 is 0.852 bits per heavy atom. The van der Waals surface area contributed by atoms with Crippen LogP contribution in [0.15, 0.2) is 60.9 Å². The topological polar surface area (TPSA) is 18.6 Å². The summed E-state index contributed by atoms with van der Waals surface area (Å²) >= 11 is 0. The molecule has 0 saturated heterocycles. The molecule has 0 bridgehead atoms. The summed E-state index contributed by atoms with van der Waals surface area (Å²) < 4.78 is 10.1. The number of methoxy groups -OCH3 is 1. The van der Waals surface area contributed by atoms with E-state index in [9.17, 15) is 0 Å². The highest BCUT2D eigenvalue weighted by molar-refractivity contribution is 5.78. The van der Waals surface area contributed by atoms with Crippen LogP contribution >= 0.6 is 0 Å². The molecule has 3 heterocycles. The number of aryl methyl sites for hydroxylation is 3. The van der Waals surface area contributed by atoms with Gasteiger partial charge in [-0.2, -0.15) is 0 Å². The molecule has 27 heavy (non-hydrogen) atoms. The van der Waals surface area contributed by atoms with Gasteiger partial charge in [0.1, 0.15) is 11.4 Å². The maximum atomic E-state index is 5.32. The molecule has 0 radical (unpaired) electrons. The van der Waals surface area contributed by atoms with Crippen LogP contribution in [-0.2, 0) is 13.0 Å². The fourth-order valence-corrected chi connectivity index (χ4v) is 4.29. The van der Waals surface area contributed by atoms with Crippen molar-refractivity contribution in [2.75, 3.05) is 7.11 Å². The summed E-state index contributed by atoms with van der Waals surface area (Å²) in [6, 6.07) is 17.3. The second kappa shape index (κ2) is 6.34. The summed E-state index contributed by atoms with van der Waals surface area (Å²) in [5.41, 5.74) is 9.36. The first-order valence-electron chi connectivity index (χ1n) is 9.69. The zero-order valence-electron chi connectivity index (χ0n) is 15.9. The highest BCUT2D eigenvalue weighted by Gasteiger charge is 2.21. The Morgan fingerprint density at radius 3 is 2.33 bits per heavy atom. The van der Waals surface area contributed by atoms with E-state index in [0.717, 1.165) is 18.7 Å². The molecule has 0 saturated carbocycles. The Kier molecular flexibility index (Phi) is 3.82. The predicted molar refractivity (Wildman–Crippen MR) is 110 cm³/mol. The Bertz CT molecular complexity index is 1100. The van der Waals surface area contributed by atoms with Gasteiger partial charge in [-0.05, 0) is 61.6 Å². The lowest BCUT2D eigenvalue weighted by molar-refractivity contribution is 0.415. The van der Waals surface area contributed by atoms with E-state index in [2.05, 4.69) is 64.7 Å². The Balaban J connectivity index is 1.68. The molecule has 4 aromatic rings. The molecule has 5 rings (SSSR count). The fraction of sp³-hybridized carbons (Fsp3) is 0.250. The summed E-state index contributed by atoms with van der Waals surface area (Å²) in [6.07, 6.45) is 8.19. The molecule has 136 valence electrons. The monoisotopic (exact) mass is 356 g/mol. The van der Waals surface area contributed by atoms with Crippen LogP contribution < -0.4 is 4.74 Å². The second-order valence-electron chi connectivity index (χ2n) is 7.47. The lowest BCUT2D eigenvalue weighted by atomic mass is 10.00. The van der Waals surface area contributed by atoms with Crippen molar-refractivity contribution in [1.82, 2.24) is 8.97 Å². The van der Waals surface area contributed by atoms with E-state index in [1.165, 1.54) is 52.0 Å². The maximum absolute atomic E-state index is 5.32. The van der Waals surface area contributed by atoms with Crippen LogP contribution in [0, 0.1) is 6.92 Å². The molecule has 0 atom stereocenters. The lowest BCUT2D eigenvalue weighted by Crippen LogP contribution is -1.99. The molecule has 0 fully saturated rings. The first-order valence-corrected chi connectivity index (χ1v) is 9.69. The molecule has 3 nitrogen and oxygen atoms in total. The van der Waals surface area contributed by atoms with Crippen LogP contribution in [0.1, 0.15) is 24.0 Å². The van der Waals surface area contributed by atoms with Gasteiger partial charge in [0.05, 0.1) is 12.8 Å². The normalized spacial score (nSPS) is 13.7. The molecule has 0 unspecified atom stereocenters. The quantitative estimate of drug-likeness (QED) is 0.459. The smallest absolute Gasteiger partial charge is 0.121 e. The van der Waals surface area contributed by atoms with E-state index in [4.69, 9.17) is 4.74 Å². The number of ether oxygens (including phenoxy) is 1. The zero-order chi connectivity index (χ0) is 18.4. The summed E-state index contributed by atoms with van der Waals surface area (Å²) in [5, 5.41) is 0. The number of nitrogens with zero attached hydrogens (tertiary/aromatic N) is 2. The largest absolute Gasteiger partial charge is 0.497 e. The fourth-order valence-electron chi connectivity index (χ4n) is 4.29. The van der Waals surface area contributed by atoms with E-state index in [1.54, 1.807) is 7.11 Å². The molecular weight excluding hydrogens is 332 g/mol. The molecule has 1 aliphatic heterocycles. The number of hydrogen-bond donors (Lipinski definition) is 0. The van der Waals surface area contributed by atoms with Gasteiger partial charge >= 0.3 is 0 Å². The van der Waals surface area contributed by atoms with Crippen LogP contribution in [0.4, 0.5) is 0 Å². The van der Waals surface area contributed by atoms with Gasteiger partial charge in [0.15, 0.2) is 0 Å². The first kappa shape index (κ1) is 16.2. The van der Waals surface area contributed by atoms with Crippen LogP contribution in [0.3, 0.4) is 0 Å². The van der Waals surface area contributed by atoms with Crippen molar-refractivity contribution in [3.8, 4) is 28.1 Å². The predicted octanol–water partition coefficient (Wildman–Crippen LogP) is 5.73. The number of aromatic nitrogens is 2. The Labute approximate surface area is 159 Å². The van der Waals surface area contributed by atoms with E-state index in [0.29, 0.717) is 0 Å². The average Bonchev–Trinajstić information content (AvgIpc) is 3.13. The lowest BCUT2D eigenvalue weighted by Gasteiger charge is -2.09. The highest BCUT2D eigenvalue weighted by atomic mass is 16.5. The van der Waals surface area contributed by atoms with Gasteiger partial charge in [-0.25, -0.2) is 0 Å². The van der Waals surface area contributed by atoms with Gasteiger partial charge in [-0.1, -0.05) is 29.8 Å². The van der Waals surface area contributed by atoms with Crippen molar-refractivity contribution in [3.63, 3.8) is 0 Å². The second-order valence-corrected chi connectivity index (χ2v) is 7.47. The third-order valence-corrected chi connectivity index (χ3v) is 5.72. The Morgan fingerprint density at radius 2 is 1.59 bits per heavy atom. The van der Waals surface area contributed by atoms with Gasteiger partial charge < -0.3 is 13.7 Å². The van der Waals surface area contributed by atoms with Crippen molar-refractivity contribution in [2.24, 2.45) is 0 Å². The number of benzene rings is 2. The third kappa shape index (κ3) is 2.66. The van der Waals surface area contributed by atoms with Crippen molar-refractivity contribution in [2.45, 2.75) is 32.7 Å². The molecule has 0 aliphatic carbocycles. The van der Waals surface area contributed by atoms with E-state index >= 15 is 0 Å². The minimum atomic E-state index is 0.898. The first-order chi connectivity index (χ1) is 13.2. The molecule has 2 aromatic carbocycles. The number of rotatable bonds is 3. The standard InChI is InChI=1S/C24H24N2O/c1-17-6-8-18(9-7-17)22-15-25-16-23(19-10-12-20(27-2)13-11-19)26-14-4-3-5-21(22)24(25)26/h6-13,15-16H,3-5,14H2,1-2H3. The van der Waals surface area contributed by atoms with Gasteiger partial charge in [0.2, 0.25) is 0 Å². The van der Waals surface area contributed by atoms with E-state index < -0.39 is 0 Å². The molecule has 2 aromatic heterocycles. The Hall–Kier alpha value is -2.94. The maximum Gasteiger partial charge on any atom is 0.121 e. The third-order valence-electron chi connectivity index (χ3n) is 5.72. The molecule has 0 N–H and O–H groups in total. The zero-order valence-corrected chi connectivity index (χ0v) is 15.9. The molecule has 0 spiro atoms. The van der Waals surface area contributed by atoms with Gasteiger partial charge in [0, 0.05) is 30.1 Å². The van der Waals surface area contributed by atoms with Crippen molar-refractivity contribution >= 4 is 5.65 Å². The average molecular weight is 356 g/mol. The summed E-state index contributed by atoms with van der Waals surface area (Å²) in [6.45, 7) is 3.21. The highest BCUT2D eigenvalue weighted by Crippen LogP contribution is 2.36. The molecule has 3 heteroatoms. The number of hydrogen-bond acceptors (Lipinski definition) is 1. The molecular formula is C24H24N2O.